The van der Waals surface area contributed by atoms with Crippen molar-refractivity contribution in [1.29, 1.82) is 0 Å². The van der Waals surface area contributed by atoms with Crippen molar-refractivity contribution in [2.45, 2.75) is 13.0 Å². The van der Waals surface area contributed by atoms with E-state index in [1.165, 1.54) is 25.7 Å². The third-order valence-corrected chi connectivity index (χ3v) is 6.70. The highest BCUT2D eigenvalue weighted by Crippen LogP contribution is 2.36. The molecule has 0 spiro atoms. The predicted octanol–water partition coefficient (Wildman–Crippen LogP) is 7.23. The van der Waals surface area contributed by atoms with Crippen LogP contribution in [0.25, 0.3) is 31.4 Å². The van der Waals surface area contributed by atoms with Crippen molar-refractivity contribution in [2.75, 3.05) is 0 Å². The Labute approximate surface area is 176 Å². The molecule has 138 valence electrons. The summed E-state index contributed by atoms with van der Waals surface area (Å²) in [6, 6.07) is 20.6. The molecule has 0 N–H and O–H groups in total. The van der Waals surface area contributed by atoms with Crippen LogP contribution in [0.2, 0.25) is 10.0 Å². The van der Waals surface area contributed by atoms with Gasteiger partial charge in [0.05, 0.1) is 17.3 Å². The van der Waals surface area contributed by atoms with E-state index in [1.807, 2.05) is 28.3 Å². The minimum absolute atomic E-state index is 0.0513. The molecule has 0 fully saturated rings. The zero-order valence-corrected chi connectivity index (χ0v) is 17.3. The Hall–Kier alpha value is -2.40. The Kier molecular flexibility index (Phi) is 4.35. The first-order chi connectivity index (χ1) is 13.6. The summed E-state index contributed by atoms with van der Waals surface area (Å²) in [4.78, 5) is 0. The van der Waals surface area contributed by atoms with Gasteiger partial charge in [0.25, 0.3) is 0 Å². The van der Waals surface area contributed by atoms with E-state index in [0.29, 0.717) is 10.0 Å². The average molecular weight is 424 g/mol. The second-order valence-corrected chi connectivity index (χ2v) is 8.67. The van der Waals surface area contributed by atoms with Gasteiger partial charge in [-0.1, -0.05) is 52.7 Å². The van der Waals surface area contributed by atoms with E-state index in [-0.39, 0.29) is 6.04 Å². The third-order valence-electron chi connectivity index (χ3n) is 5.00. The van der Waals surface area contributed by atoms with Gasteiger partial charge in [-0.25, -0.2) is 4.68 Å². The van der Waals surface area contributed by atoms with E-state index < -0.39 is 0 Å². The molecule has 3 aromatic carbocycles. The average Bonchev–Trinajstić information content (AvgIpc) is 3.32. The highest BCUT2D eigenvalue weighted by Gasteiger charge is 2.15. The lowest BCUT2D eigenvalue weighted by atomic mass is 10.0. The van der Waals surface area contributed by atoms with Gasteiger partial charge >= 0.3 is 0 Å². The first-order valence-electron chi connectivity index (χ1n) is 8.88. The number of benzene rings is 3. The Bertz CT molecular complexity index is 1320. The summed E-state index contributed by atoms with van der Waals surface area (Å²) in [5.41, 5.74) is 2.74. The highest BCUT2D eigenvalue weighted by atomic mass is 35.5. The molecule has 1 unspecified atom stereocenters. The number of fused-ring (bicyclic) bond motifs is 3. The summed E-state index contributed by atoms with van der Waals surface area (Å²) in [5.74, 6) is 0. The van der Waals surface area contributed by atoms with Crippen LogP contribution < -0.4 is 0 Å². The van der Waals surface area contributed by atoms with E-state index >= 15 is 0 Å². The van der Waals surface area contributed by atoms with Gasteiger partial charge < -0.3 is 0 Å². The Balaban J connectivity index is 1.53. The summed E-state index contributed by atoms with van der Waals surface area (Å²) < 4.78 is 4.47. The fraction of sp³-hybridized carbons (Fsp3) is 0.0909. The van der Waals surface area contributed by atoms with Crippen LogP contribution in [0.4, 0.5) is 0 Å². The largest absolute Gasteiger partial charge is 0.245 e. The molecule has 2 heterocycles. The molecule has 2 aromatic heterocycles. The number of hydrogen-bond donors (Lipinski definition) is 0. The Morgan fingerprint density at radius 3 is 2.61 bits per heavy atom. The van der Waals surface area contributed by atoms with Gasteiger partial charge in [0.15, 0.2) is 0 Å². The molecule has 5 rings (SSSR count). The second-order valence-electron chi connectivity index (χ2n) is 6.74. The zero-order chi connectivity index (χ0) is 19.3. The number of halogens is 2. The molecule has 0 amide bonds. The van der Waals surface area contributed by atoms with Crippen molar-refractivity contribution in [3.05, 3.63) is 82.5 Å². The molecule has 28 heavy (non-hydrogen) atoms. The Morgan fingerprint density at radius 2 is 1.75 bits per heavy atom. The van der Waals surface area contributed by atoms with E-state index in [0.717, 1.165) is 11.3 Å². The van der Waals surface area contributed by atoms with Crippen LogP contribution in [0.1, 0.15) is 18.5 Å². The highest BCUT2D eigenvalue weighted by molar-refractivity contribution is 7.25. The van der Waals surface area contributed by atoms with Crippen LogP contribution in [-0.2, 0) is 0 Å². The van der Waals surface area contributed by atoms with Crippen LogP contribution >= 0.6 is 34.5 Å². The molecular formula is C22H15Cl2N3S. The van der Waals surface area contributed by atoms with Crippen LogP contribution in [0.15, 0.2) is 66.9 Å². The fourth-order valence-corrected chi connectivity index (χ4v) is 5.03. The number of hydrogen-bond acceptors (Lipinski definition) is 3. The molecule has 3 nitrogen and oxygen atoms in total. The lowest BCUT2D eigenvalue weighted by molar-refractivity contribution is 0.543. The maximum Gasteiger partial charge on any atom is 0.114 e. The van der Waals surface area contributed by atoms with Crippen LogP contribution in [-0.4, -0.2) is 15.0 Å². The lowest BCUT2D eigenvalue weighted by Gasteiger charge is -2.12. The van der Waals surface area contributed by atoms with Crippen molar-refractivity contribution < 1.29 is 0 Å². The minimum Gasteiger partial charge on any atom is -0.245 e. The standard InChI is InChI=1S/C22H15Cl2N3S/c1-13(27-12-20(25-26-27)17-8-7-15(23)11-19(17)24)14-6-9-22-18(10-14)16-4-2-3-5-21(16)28-22/h2-13H,1H3. The number of aromatic nitrogens is 3. The number of rotatable bonds is 3. The van der Waals surface area contributed by atoms with Gasteiger partial charge in [0.1, 0.15) is 5.69 Å². The fourth-order valence-electron chi connectivity index (χ4n) is 3.44. The van der Waals surface area contributed by atoms with E-state index in [9.17, 15) is 0 Å². The molecule has 0 saturated heterocycles. The predicted molar refractivity (Wildman–Crippen MR) is 119 cm³/mol. The monoisotopic (exact) mass is 423 g/mol. The third kappa shape index (κ3) is 2.98. The summed E-state index contributed by atoms with van der Waals surface area (Å²) in [7, 11) is 0. The summed E-state index contributed by atoms with van der Waals surface area (Å²) in [6.07, 6.45) is 1.93. The van der Waals surface area contributed by atoms with E-state index in [4.69, 9.17) is 23.2 Å². The van der Waals surface area contributed by atoms with Gasteiger partial charge in [-0.3, -0.25) is 0 Å². The summed E-state index contributed by atoms with van der Waals surface area (Å²) in [6.45, 7) is 2.12. The van der Waals surface area contributed by atoms with Crippen molar-refractivity contribution in [2.24, 2.45) is 0 Å². The molecule has 0 radical (unpaired) electrons. The van der Waals surface area contributed by atoms with Crippen LogP contribution in [0.5, 0.6) is 0 Å². The van der Waals surface area contributed by atoms with Gasteiger partial charge in [-0.2, -0.15) is 0 Å². The molecule has 1 atom stereocenters. The van der Waals surface area contributed by atoms with E-state index in [1.54, 1.807) is 12.1 Å². The molecular weight excluding hydrogens is 409 g/mol. The van der Waals surface area contributed by atoms with Crippen molar-refractivity contribution in [3.63, 3.8) is 0 Å². The molecule has 0 aliphatic rings. The van der Waals surface area contributed by atoms with Gasteiger partial charge in [-0.05, 0) is 48.9 Å². The second kappa shape index (κ2) is 6.89. The first kappa shape index (κ1) is 17.7. The van der Waals surface area contributed by atoms with E-state index in [2.05, 4.69) is 59.7 Å². The summed E-state index contributed by atoms with van der Waals surface area (Å²) in [5, 5.41) is 12.4. The van der Waals surface area contributed by atoms with Crippen molar-refractivity contribution in [1.82, 2.24) is 15.0 Å². The maximum absolute atomic E-state index is 6.32. The zero-order valence-electron chi connectivity index (χ0n) is 14.9. The molecule has 0 aliphatic heterocycles. The molecule has 0 aliphatic carbocycles. The molecule has 0 bridgehead atoms. The van der Waals surface area contributed by atoms with Crippen molar-refractivity contribution in [3.8, 4) is 11.3 Å². The quantitative estimate of drug-likeness (QED) is 0.306. The van der Waals surface area contributed by atoms with Gasteiger partial charge in [-0.15, -0.1) is 16.4 Å². The maximum atomic E-state index is 6.32. The normalized spacial score (nSPS) is 12.7. The number of nitrogens with zero attached hydrogens (tertiary/aromatic N) is 3. The van der Waals surface area contributed by atoms with Crippen LogP contribution in [0, 0.1) is 0 Å². The SMILES string of the molecule is CC(c1ccc2sc3ccccc3c2c1)n1cc(-c2ccc(Cl)cc2Cl)nn1. The molecule has 0 saturated carbocycles. The van der Waals surface area contributed by atoms with Crippen LogP contribution in [0.3, 0.4) is 0 Å². The first-order valence-corrected chi connectivity index (χ1v) is 10.5. The smallest absolute Gasteiger partial charge is 0.114 e. The van der Waals surface area contributed by atoms with Gasteiger partial charge in [0.2, 0.25) is 0 Å². The number of thiophene rings is 1. The minimum atomic E-state index is 0.0513. The lowest BCUT2D eigenvalue weighted by Crippen LogP contribution is -2.07. The Morgan fingerprint density at radius 1 is 0.929 bits per heavy atom. The molecule has 5 aromatic rings. The molecule has 6 heteroatoms. The topological polar surface area (TPSA) is 30.7 Å². The summed E-state index contributed by atoms with van der Waals surface area (Å²) >= 11 is 14.1. The van der Waals surface area contributed by atoms with Crippen molar-refractivity contribution >= 4 is 54.7 Å². The van der Waals surface area contributed by atoms with Gasteiger partial charge in [0, 0.05) is 30.8 Å².